The van der Waals surface area contributed by atoms with Crippen molar-refractivity contribution < 1.29 is 13.2 Å². The van der Waals surface area contributed by atoms with Gasteiger partial charge in [0.15, 0.2) is 0 Å². The minimum absolute atomic E-state index is 0.227. The Bertz CT molecular complexity index is 813. The highest BCUT2D eigenvalue weighted by molar-refractivity contribution is 7.92. The maximum atomic E-state index is 12.6. The lowest BCUT2D eigenvalue weighted by Crippen LogP contribution is -2.36. The molecule has 0 spiro atoms. The van der Waals surface area contributed by atoms with Crippen LogP contribution in [0.25, 0.3) is 0 Å². The van der Waals surface area contributed by atoms with Crippen molar-refractivity contribution in [2.24, 2.45) is 0 Å². The molecule has 0 bridgehead atoms. The average molecular weight is 347 g/mol. The molecule has 0 aliphatic rings. The molecular weight excluding hydrogens is 326 g/mol. The largest absolute Gasteiger partial charge is 0.285 e. The zero-order chi connectivity index (χ0) is 17.9. The maximum Gasteiger partial charge on any atom is 0.265 e. The van der Waals surface area contributed by atoms with Crippen molar-refractivity contribution in [1.82, 2.24) is 10.4 Å². The predicted octanol–water partition coefficient (Wildman–Crippen LogP) is 2.03. The smallest absolute Gasteiger partial charge is 0.265 e. The van der Waals surface area contributed by atoms with Crippen LogP contribution in [0.4, 0.5) is 5.69 Å². The fourth-order valence-corrected chi connectivity index (χ4v) is 3.29. The van der Waals surface area contributed by atoms with E-state index in [4.69, 9.17) is 0 Å². The Morgan fingerprint density at radius 2 is 1.46 bits per heavy atom. The summed E-state index contributed by atoms with van der Waals surface area (Å²) in [6, 6.07) is 13.1. The lowest BCUT2D eigenvalue weighted by Gasteiger charge is -2.20. The predicted molar refractivity (Wildman–Crippen MR) is 94.4 cm³/mol. The van der Waals surface area contributed by atoms with Gasteiger partial charge in [-0.3, -0.25) is 14.5 Å². The average Bonchev–Trinajstić information content (AvgIpc) is 2.54. The Balaban J connectivity index is 2.24. The molecule has 0 saturated carbocycles. The molecule has 2 aromatic carbocycles. The third kappa shape index (κ3) is 3.93. The van der Waals surface area contributed by atoms with E-state index in [1.807, 2.05) is 6.92 Å². The number of carbonyl (C=O) groups is 1. The highest BCUT2D eigenvalue weighted by atomic mass is 32.2. The van der Waals surface area contributed by atoms with E-state index in [0.29, 0.717) is 11.3 Å². The Kier molecular flexibility index (Phi) is 5.26. The van der Waals surface area contributed by atoms with Gasteiger partial charge in [0.1, 0.15) is 0 Å². The van der Waals surface area contributed by atoms with Gasteiger partial charge in [0, 0.05) is 26.7 Å². The van der Waals surface area contributed by atoms with Crippen LogP contribution >= 0.6 is 0 Å². The molecule has 0 aliphatic carbocycles. The van der Waals surface area contributed by atoms with Crippen molar-refractivity contribution in [3.63, 3.8) is 0 Å². The van der Waals surface area contributed by atoms with Gasteiger partial charge in [-0.2, -0.15) is 0 Å². The fraction of sp³-hybridized carbons (Fsp3) is 0.235. The van der Waals surface area contributed by atoms with E-state index in [2.05, 4.69) is 5.43 Å². The van der Waals surface area contributed by atoms with Crippen LogP contribution in [0.15, 0.2) is 53.4 Å². The molecule has 0 radical (unpaired) electrons. The molecule has 0 aromatic heterocycles. The minimum atomic E-state index is -3.64. The third-order valence-corrected chi connectivity index (χ3v) is 5.30. The van der Waals surface area contributed by atoms with Crippen LogP contribution in [-0.4, -0.2) is 40.5 Å². The van der Waals surface area contributed by atoms with Crippen LogP contribution in [0.1, 0.15) is 15.9 Å². The lowest BCUT2D eigenvalue weighted by atomic mass is 10.2. The van der Waals surface area contributed by atoms with E-state index in [1.54, 1.807) is 67.6 Å². The number of hydrazine groups is 1. The topological polar surface area (TPSA) is 69.7 Å². The van der Waals surface area contributed by atoms with Gasteiger partial charge >= 0.3 is 0 Å². The highest BCUT2D eigenvalue weighted by Gasteiger charge is 2.21. The fourth-order valence-electron chi connectivity index (χ4n) is 2.10. The number of benzene rings is 2. The number of amides is 1. The molecule has 2 aromatic rings. The van der Waals surface area contributed by atoms with Crippen molar-refractivity contribution in [2.45, 2.75) is 11.8 Å². The molecule has 24 heavy (non-hydrogen) atoms. The monoisotopic (exact) mass is 347 g/mol. The molecule has 128 valence electrons. The first-order chi connectivity index (χ1) is 11.2. The highest BCUT2D eigenvalue weighted by Crippen LogP contribution is 2.22. The summed E-state index contributed by atoms with van der Waals surface area (Å²) in [5.74, 6) is -0.254. The van der Waals surface area contributed by atoms with Crippen LogP contribution in [0.2, 0.25) is 0 Å². The van der Waals surface area contributed by atoms with Crippen molar-refractivity contribution >= 4 is 21.6 Å². The third-order valence-electron chi connectivity index (χ3n) is 3.50. The molecule has 2 rings (SSSR count). The Morgan fingerprint density at radius 1 is 0.917 bits per heavy atom. The number of hydrogen-bond acceptors (Lipinski definition) is 4. The molecule has 0 atom stereocenters. The first kappa shape index (κ1) is 18.0. The van der Waals surface area contributed by atoms with Crippen molar-refractivity contribution in [1.29, 1.82) is 0 Å². The summed E-state index contributed by atoms with van der Waals surface area (Å²) in [7, 11) is 1.29. The van der Waals surface area contributed by atoms with Crippen LogP contribution in [0.3, 0.4) is 0 Å². The number of rotatable bonds is 5. The summed E-state index contributed by atoms with van der Waals surface area (Å²) in [5.41, 5.74) is 4.56. The summed E-state index contributed by atoms with van der Waals surface area (Å²) >= 11 is 0. The van der Waals surface area contributed by atoms with Gasteiger partial charge < -0.3 is 0 Å². The second-order valence-electron chi connectivity index (χ2n) is 5.67. The zero-order valence-corrected chi connectivity index (χ0v) is 15.0. The first-order valence-electron chi connectivity index (χ1n) is 7.36. The molecule has 0 aliphatic heterocycles. The van der Waals surface area contributed by atoms with Crippen molar-refractivity contribution in [3.05, 3.63) is 59.7 Å². The molecule has 1 N–H and O–H groups in total. The Labute approximate surface area is 142 Å². The molecule has 0 fully saturated rings. The van der Waals surface area contributed by atoms with Crippen LogP contribution in [-0.2, 0) is 10.0 Å². The van der Waals surface area contributed by atoms with E-state index >= 15 is 0 Å². The second kappa shape index (κ2) is 7.02. The van der Waals surface area contributed by atoms with E-state index < -0.39 is 10.0 Å². The molecular formula is C17H21N3O3S. The number of nitrogens with one attached hydrogen (secondary N) is 1. The molecule has 0 heterocycles. The number of anilines is 1. The number of aryl methyl sites for hydroxylation is 1. The Hall–Kier alpha value is -2.38. The quantitative estimate of drug-likeness (QED) is 0.840. The van der Waals surface area contributed by atoms with Gasteiger partial charge in [-0.05, 0) is 43.3 Å². The first-order valence-corrected chi connectivity index (χ1v) is 8.80. The zero-order valence-electron chi connectivity index (χ0n) is 14.1. The number of carbonyl (C=O) groups excluding carboxylic acids is 1. The normalized spacial score (nSPS) is 11.4. The molecule has 0 unspecified atom stereocenters. The van der Waals surface area contributed by atoms with Gasteiger partial charge in [-0.25, -0.2) is 13.4 Å². The van der Waals surface area contributed by atoms with E-state index in [-0.39, 0.29) is 10.8 Å². The van der Waals surface area contributed by atoms with Crippen molar-refractivity contribution in [2.75, 3.05) is 25.4 Å². The summed E-state index contributed by atoms with van der Waals surface area (Å²) in [6.45, 7) is 1.90. The van der Waals surface area contributed by atoms with Crippen LogP contribution < -0.4 is 9.73 Å². The van der Waals surface area contributed by atoms with E-state index in [0.717, 1.165) is 5.56 Å². The van der Waals surface area contributed by atoms with Gasteiger partial charge in [0.05, 0.1) is 10.6 Å². The summed E-state index contributed by atoms with van der Waals surface area (Å²) in [6.07, 6.45) is 0. The molecule has 6 nitrogen and oxygen atoms in total. The van der Waals surface area contributed by atoms with E-state index in [9.17, 15) is 13.2 Å². The van der Waals surface area contributed by atoms with Crippen molar-refractivity contribution in [3.8, 4) is 0 Å². The van der Waals surface area contributed by atoms with Gasteiger partial charge in [-0.15, -0.1) is 0 Å². The number of sulfonamides is 1. The van der Waals surface area contributed by atoms with Crippen LogP contribution in [0.5, 0.6) is 0 Å². The SMILES string of the molecule is Cc1ccc(S(=O)(=O)N(C)c2ccc(C(=O)NN(C)C)cc2)cc1. The van der Waals surface area contributed by atoms with E-state index in [1.165, 1.54) is 11.4 Å². The standard InChI is InChI=1S/C17H21N3O3S/c1-13-5-11-16(12-6-13)24(22,23)20(4)15-9-7-14(8-10-15)17(21)18-19(2)3/h5-12H,1-4H3,(H,18,21). The molecule has 7 heteroatoms. The van der Waals surface area contributed by atoms with Gasteiger partial charge in [-0.1, -0.05) is 17.7 Å². The molecule has 0 saturated heterocycles. The number of nitrogens with zero attached hydrogens (tertiary/aromatic N) is 2. The second-order valence-corrected chi connectivity index (χ2v) is 7.64. The summed E-state index contributed by atoms with van der Waals surface area (Å²) in [5, 5.41) is 1.55. The summed E-state index contributed by atoms with van der Waals surface area (Å²) in [4.78, 5) is 12.1. The summed E-state index contributed by atoms with van der Waals surface area (Å²) < 4.78 is 26.5. The van der Waals surface area contributed by atoms with Crippen LogP contribution in [0, 0.1) is 6.92 Å². The minimum Gasteiger partial charge on any atom is -0.285 e. The maximum absolute atomic E-state index is 12.6. The van der Waals surface area contributed by atoms with Gasteiger partial charge in [0.2, 0.25) is 0 Å². The lowest BCUT2D eigenvalue weighted by molar-refractivity contribution is 0.0857. The Morgan fingerprint density at radius 3 is 1.96 bits per heavy atom. The van der Waals surface area contributed by atoms with Gasteiger partial charge in [0.25, 0.3) is 15.9 Å². The number of hydrogen-bond donors (Lipinski definition) is 1. The molecule has 1 amide bonds.